The van der Waals surface area contributed by atoms with Gasteiger partial charge in [-0.25, -0.2) is 13.8 Å². The Morgan fingerprint density at radius 1 is 1.30 bits per heavy atom. The summed E-state index contributed by atoms with van der Waals surface area (Å²) < 4.78 is 26.3. The van der Waals surface area contributed by atoms with Crippen LogP contribution in [0, 0.1) is 11.8 Å². The van der Waals surface area contributed by atoms with E-state index in [0.717, 1.165) is 55.7 Å². The third-order valence-electron chi connectivity index (χ3n) is 5.85. The molecule has 6 nitrogen and oxygen atoms in total. The number of fused-ring (bicyclic) bond motifs is 1. The first kappa shape index (κ1) is 16.9. The minimum atomic E-state index is -2.45. The van der Waals surface area contributed by atoms with Crippen LogP contribution < -0.4 is 10.2 Å². The highest BCUT2D eigenvalue weighted by molar-refractivity contribution is 5.97. The van der Waals surface area contributed by atoms with Crippen LogP contribution in [0.1, 0.15) is 19.3 Å². The highest BCUT2D eigenvalue weighted by atomic mass is 19.3. The molecule has 3 heterocycles. The van der Waals surface area contributed by atoms with Gasteiger partial charge in [-0.2, -0.15) is 0 Å². The van der Waals surface area contributed by atoms with Gasteiger partial charge in [0, 0.05) is 68.6 Å². The molecule has 144 valence electrons. The second kappa shape index (κ2) is 6.15. The molecule has 27 heavy (non-hydrogen) atoms. The molecule has 2 aromatic rings. The Labute approximate surface area is 155 Å². The Balaban J connectivity index is 1.30. The van der Waals surface area contributed by atoms with Gasteiger partial charge in [-0.15, -0.1) is 0 Å². The molecule has 2 N–H and O–H groups in total. The fourth-order valence-corrected chi connectivity index (χ4v) is 3.87. The second-order valence-corrected chi connectivity index (χ2v) is 7.98. The molecule has 1 aliphatic heterocycles. The van der Waals surface area contributed by atoms with Crippen LogP contribution in [-0.4, -0.2) is 59.4 Å². The Morgan fingerprint density at radius 3 is 2.70 bits per heavy atom. The summed E-state index contributed by atoms with van der Waals surface area (Å²) in [6.07, 6.45) is 3.78. The highest BCUT2D eigenvalue weighted by Crippen LogP contribution is 2.49. The Morgan fingerprint density at radius 2 is 2.04 bits per heavy atom. The molecular weight excluding hydrogens is 352 g/mol. The zero-order valence-electron chi connectivity index (χ0n) is 15.0. The van der Waals surface area contributed by atoms with Gasteiger partial charge < -0.3 is 15.2 Å². The van der Waals surface area contributed by atoms with Gasteiger partial charge in [-0.05, 0) is 18.9 Å². The number of hydrogen-bond acceptors (Lipinski definition) is 4. The van der Waals surface area contributed by atoms with E-state index in [-0.39, 0.29) is 18.2 Å². The van der Waals surface area contributed by atoms with E-state index in [2.05, 4.69) is 25.1 Å². The monoisotopic (exact) mass is 375 g/mol. The predicted molar refractivity (Wildman–Crippen MR) is 99.2 cm³/mol. The third-order valence-corrected chi connectivity index (χ3v) is 5.85. The van der Waals surface area contributed by atoms with Crippen LogP contribution in [0.25, 0.3) is 11.0 Å². The van der Waals surface area contributed by atoms with Gasteiger partial charge in [0.1, 0.15) is 11.5 Å². The van der Waals surface area contributed by atoms with Crippen molar-refractivity contribution in [1.82, 2.24) is 14.9 Å². The fourth-order valence-electron chi connectivity index (χ4n) is 3.87. The number of nitrogens with one attached hydrogen (secondary N) is 2. The van der Waals surface area contributed by atoms with Crippen molar-refractivity contribution in [2.45, 2.75) is 25.2 Å². The average molecular weight is 375 g/mol. The molecule has 3 fully saturated rings. The molecule has 1 atom stereocenters. The van der Waals surface area contributed by atoms with Crippen molar-refractivity contribution >= 4 is 28.4 Å². The molecule has 2 aliphatic carbocycles. The quantitative estimate of drug-likeness (QED) is 0.843. The minimum absolute atomic E-state index is 0.0333. The van der Waals surface area contributed by atoms with Crippen molar-refractivity contribution in [3.63, 3.8) is 0 Å². The van der Waals surface area contributed by atoms with Crippen LogP contribution in [0.5, 0.6) is 0 Å². The zero-order chi connectivity index (χ0) is 18.6. The first-order chi connectivity index (χ1) is 13.0. The number of carbonyl (C=O) groups excluding carboxylic acids is 1. The van der Waals surface area contributed by atoms with Crippen LogP contribution in [-0.2, 0) is 4.79 Å². The summed E-state index contributed by atoms with van der Waals surface area (Å²) in [5.74, 6) is -2.19. The van der Waals surface area contributed by atoms with Gasteiger partial charge in [0.15, 0.2) is 0 Å². The van der Waals surface area contributed by atoms with Gasteiger partial charge in [0.2, 0.25) is 5.91 Å². The maximum atomic E-state index is 13.2. The number of anilines is 2. The number of hydrogen-bond donors (Lipinski definition) is 2. The summed E-state index contributed by atoms with van der Waals surface area (Å²) in [5.41, 5.74) is 1.78. The first-order valence-electron chi connectivity index (χ1n) is 9.64. The minimum Gasteiger partial charge on any atom is -0.368 e. The summed E-state index contributed by atoms with van der Waals surface area (Å²) in [6, 6.07) is 3.92. The smallest absolute Gasteiger partial charge is 0.252 e. The molecule has 2 aromatic heterocycles. The molecule has 0 aromatic carbocycles. The van der Waals surface area contributed by atoms with E-state index in [1.54, 1.807) is 0 Å². The molecule has 0 spiro atoms. The topological polar surface area (TPSA) is 64.3 Å². The van der Waals surface area contributed by atoms with Gasteiger partial charge in [0.25, 0.3) is 5.92 Å². The summed E-state index contributed by atoms with van der Waals surface area (Å²) in [6.45, 7) is 3.58. The van der Waals surface area contributed by atoms with Crippen molar-refractivity contribution in [2.24, 2.45) is 11.8 Å². The lowest BCUT2D eigenvalue weighted by Gasteiger charge is -2.36. The fraction of sp³-hybridized carbons (Fsp3) is 0.579. The molecule has 3 aliphatic rings. The number of carbonyl (C=O) groups is 1. The van der Waals surface area contributed by atoms with Gasteiger partial charge in [0.05, 0.1) is 5.69 Å². The summed E-state index contributed by atoms with van der Waals surface area (Å²) in [7, 11) is 0. The number of alkyl halides is 2. The van der Waals surface area contributed by atoms with E-state index in [9.17, 15) is 13.6 Å². The van der Waals surface area contributed by atoms with Gasteiger partial charge >= 0.3 is 0 Å². The lowest BCUT2D eigenvalue weighted by molar-refractivity contribution is -0.117. The average Bonchev–Trinajstić information content (AvgIpc) is 3.53. The number of amides is 1. The second-order valence-electron chi connectivity index (χ2n) is 7.98. The molecule has 1 saturated heterocycles. The van der Waals surface area contributed by atoms with Crippen LogP contribution in [0.2, 0.25) is 0 Å². The highest BCUT2D eigenvalue weighted by Gasteiger charge is 2.57. The lowest BCUT2D eigenvalue weighted by Crippen LogP contribution is -2.47. The molecular formula is C19H23F2N5O. The Kier molecular flexibility index (Phi) is 3.86. The van der Waals surface area contributed by atoms with E-state index in [0.29, 0.717) is 12.4 Å². The number of rotatable bonds is 5. The normalized spacial score (nSPS) is 25.0. The van der Waals surface area contributed by atoms with Crippen LogP contribution in [0.4, 0.5) is 20.3 Å². The number of pyridine rings is 1. The Bertz CT molecular complexity index is 870. The van der Waals surface area contributed by atoms with Crippen molar-refractivity contribution in [3.8, 4) is 0 Å². The van der Waals surface area contributed by atoms with Crippen LogP contribution in [0.3, 0.4) is 0 Å². The molecule has 0 radical (unpaired) electrons. The molecule has 0 bridgehead atoms. The first-order valence-corrected chi connectivity index (χ1v) is 9.64. The molecule has 2 saturated carbocycles. The maximum absolute atomic E-state index is 13.2. The largest absolute Gasteiger partial charge is 0.368 e. The molecule has 1 amide bonds. The number of halogens is 2. The van der Waals surface area contributed by atoms with Crippen molar-refractivity contribution in [3.05, 3.63) is 18.3 Å². The summed E-state index contributed by atoms with van der Waals surface area (Å²) >= 11 is 0. The summed E-state index contributed by atoms with van der Waals surface area (Å²) in [4.78, 5) is 24.1. The van der Waals surface area contributed by atoms with E-state index in [1.807, 2.05) is 18.3 Å². The van der Waals surface area contributed by atoms with Crippen molar-refractivity contribution in [2.75, 3.05) is 42.9 Å². The Hall–Kier alpha value is -2.22. The SMILES string of the molecule is O=C(Nc1cc(N2CCN(CC3CC3(F)F)CC2)c2cc[nH]c2n1)C1CC1. The number of nitrogens with zero attached hydrogens (tertiary/aromatic N) is 3. The molecule has 5 rings (SSSR count). The number of H-pyrrole nitrogens is 1. The lowest BCUT2D eigenvalue weighted by atomic mass is 10.2. The standard InChI is InChI=1S/C19H23F2N5O/c20-19(21)10-13(19)11-25-5-7-26(8-6-25)15-9-16(24-18(27)12-1-2-12)23-17-14(15)3-4-22-17/h3-4,9,12-13H,1-2,5-8,10-11H2,(H2,22,23,24,27). The van der Waals surface area contributed by atoms with Crippen LogP contribution in [0.15, 0.2) is 18.3 Å². The van der Waals surface area contributed by atoms with Gasteiger partial charge in [-0.3, -0.25) is 9.69 Å². The predicted octanol–water partition coefficient (Wildman–Crippen LogP) is 2.69. The van der Waals surface area contributed by atoms with Crippen molar-refractivity contribution in [1.29, 1.82) is 0 Å². The number of aromatic nitrogens is 2. The maximum Gasteiger partial charge on any atom is 0.252 e. The van der Waals surface area contributed by atoms with E-state index in [4.69, 9.17) is 0 Å². The number of piperazine rings is 1. The van der Waals surface area contributed by atoms with E-state index < -0.39 is 11.8 Å². The van der Waals surface area contributed by atoms with Gasteiger partial charge in [-0.1, -0.05) is 0 Å². The van der Waals surface area contributed by atoms with E-state index >= 15 is 0 Å². The van der Waals surface area contributed by atoms with Crippen molar-refractivity contribution < 1.29 is 13.6 Å². The van der Waals surface area contributed by atoms with E-state index in [1.165, 1.54) is 0 Å². The zero-order valence-corrected chi connectivity index (χ0v) is 15.0. The molecule has 1 unspecified atom stereocenters. The molecule has 8 heteroatoms. The number of aromatic amines is 1. The van der Waals surface area contributed by atoms with Crippen LogP contribution >= 0.6 is 0 Å². The summed E-state index contributed by atoms with van der Waals surface area (Å²) in [5, 5.41) is 3.94. The third kappa shape index (κ3) is 3.38.